The van der Waals surface area contributed by atoms with Gasteiger partial charge in [-0.3, -0.25) is 9.59 Å². The fourth-order valence-electron chi connectivity index (χ4n) is 2.49. The molecule has 0 fully saturated rings. The van der Waals surface area contributed by atoms with Crippen LogP contribution in [-0.2, 0) is 19.6 Å². The first-order valence-corrected chi connectivity index (χ1v) is 10.4. The van der Waals surface area contributed by atoms with Crippen LogP contribution < -0.4 is 15.4 Å². The first kappa shape index (κ1) is 21.9. The molecule has 150 valence electrons. The first-order chi connectivity index (χ1) is 13.2. The van der Waals surface area contributed by atoms with Crippen LogP contribution >= 0.6 is 11.6 Å². The van der Waals surface area contributed by atoms with Crippen LogP contribution in [0.3, 0.4) is 0 Å². The molecule has 0 radical (unpaired) electrons. The highest BCUT2D eigenvalue weighted by molar-refractivity contribution is 7.89. The molecular weight excluding hydrogens is 402 g/mol. The third-order valence-electron chi connectivity index (χ3n) is 4.04. The van der Waals surface area contributed by atoms with Crippen molar-refractivity contribution < 1.29 is 18.0 Å². The molecule has 3 N–H and O–H groups in total. The van der Waals surface area contributed by atoms with Gasteiger partial charge in [-0.05, 0) is 36.8 Å². The number of halogens is 1. The maximum absolute atomic E-state index is 12.6. The summed E-state index contributed by atoms with van der Waals surface area (Å²) in [6.07, 6.45) is 0.0307. The molecular formula is C19H22ClN3O4S. The molecule has 0 bridgehead atoms. The minimum atomic E-state index is -3.90. The summed E-state index contributed by atoms with van der Waals surface area (Å²) in [7, 11) is -2.39. The van der Waals surface area contributed by atoms with Crippen LogP contribution in [0.4, 0.5) is 0 Å². The van der Waals surface area contributed by atoms with Gasteiger partial charge in [0.2, 0.25) is 21.8 Å². The van der Waals surface area contributed by atoms with Gasteiger partial charge in [0.25, 0.3) is 0 Å². The molecule has 0 saturated heterocycles. The Bertz CT molecular complexity index is 918. The van der Waals surface area contributed by atoms with E-state index < -0.39 is 28.0 Å². The number of sulfonamides is 1. The average molecular weight is 424 g/mol. The third kappa shape index (κ3) is 6.05. The highest BCUT2D eigenvalue weighted by atomic mass is 35.5. The fraction of sp³-hybridized carbons (Fsp3) is 0.263. The second-order valence-electron chi connectivity index (χ2n) is 6.15. The summed E-state index contributed by atoms with van der Waals surface area (Å²) in [5, 5.41) is 5.66. The van der Waals surface area contributed by atoms with Gasteiger partial charge >= 0.3 is 0 Å². The fourth-order valence-corrected chi connectivity index (χ4v) is 3.82. The van der Waals surface area contributed by atoms with Gasteiger partial charge in [-0.1, -0.05) is 41.9 Å². The molecule has 2 rings (SSSR count). The zero-order chi connectivity index (χ0) is 20.7. The number of carbonyl (C=O) groups excluding carboxylic acids is 2. The predicted molar refractivity (Wildman–Crippen MR) is 107 cm³/mol. The Hall–Kier alpha value is -2.42. The summed E-state index contributed by atoms with van der Waals surface area (Å²) in [4.78, 5) is 24.4. The van der Waals surface area contributed by atoms with Crippen molar-refractivity contribution >= 4 is 33.4 Å². The molecule has 2 aromatic carbocycles. The molecule has 0 spiro atoms. The van der Waals surface area contributed by atoms with E-state index in [1.54, 1.807) is 24.3 Å². The van der Waals surface area contributed by atoms with Crippen molar-refractivity contribution in [1.82, 2.24) is 15.4 Å². The SMILES string of the molecule is CNC(=O)C[C@@H](NC(=O)[C@H](C)NS(=O)(=O)c1ccc(Cl)cc1)c1ccccc1. The van der Waals surface area contributed by atoms with E-state index in [1.807, 2.05) is 6.07 Å². The zero-order valence-corrected chi connectivity index (χ0v) is 17.0. The van der Waals surface area contributed by atoms with E-state index in [-0.39, 0.29) is 17.2 Å². The van der Waals surface area contributed by atoms with Crippen molar-refractivity contribution in [2.45, 2.75) is 30.3 Å². The van der Waals surface area contributed by atoms with Crippen molar-refractivity contribution in [1.29, 1.82) is 0 Å². The minimum absolute atomic E-state index is 0.00141. The molecule has 0 aliphatic carbocycles. The molecule has 2 atom stereocenters. The number of hydrogen-bond acceptors (Lipinski definition) is 4. The van der Waals surface area contributed by atoms with Crippen LogP contribution in [0.25, 0.3) is 0 Å². The number of carbonyl (C=O) groups is 2. The van der Waals surface area contributed by atoms with Crippen LogP contribution in [0.15, 0.2) is 59.5 Å². The van der Waals surface area contributed by atoms with Crippen molar-refractivity contribution in [3.8, 4) is 0 Å². The monoisotopic (exact) mass is 423 g/mol. The topological polar surface area (TPSA) is 104 Å². The maximum Gasteiger partial charge on any atom is 0.241 e. The largest absolute Gasteiger partial charge is 0.359 e. The number of hydrogen-bond donors (Lipinski definition) is 3. The Morgan fingerprint density at radius 1 is 1.04 bits per heavy atom. The zero-order valence-electron chi connectivity index (χ0n) is 15.5. The first-order valence-electron chi connectivity index (χ1n) is 8.56. The molecule has 7 nitrogen and oxygen atoms in total. The summed E-state index contributed by atoms with van der Waals surface area (Å²) in [5.74, 6) is -0.793. The van der Waals surface area contributed by atoms with Crippen LogP contribution in [0.5, 0.6) is 0 Å². The van der Waals surface area contributed by atoms with Crippen molar-refractivity contribution in [3.63, 3.8) is 0 Å². The van der Waals surface area contributed by atoms with Gasteiger partial charge in [0.05, 0.1) is 23.4 Å². The van der Waals surface area contributed by atoms with E-state index in [2.05, 4.69) is 15.4 Å². The number of rotatable bonds is 8. The lowest BCUT2D eigenvalue weighted by atomic mass is 10.0. The summed E-state index contributed by atoms with van der Waals surface area (Å²) in [5.41, 5.74) is 0.743. The molecule has 9 heteroatoms. The molecule has 2 amide bonds. The summed E-state index contributed by atoms with van der Waals surface area (Å²) in [6.45, 7) is 1.44. The number of amides is 2. The second-order valence-corrected chi connectivity index (χ2v) is 8.30. The highest BCUT2D eigenvalue weighted by Gasteiger charge is 2.25. The molecule has 0 aliphatic heterocycles. The molecule has 28 heavy (non-hydrogen) atoms. The molecule has 0 aliphatic rings. The van der Waals surface area contributed by atoms with Gasteiger partial charge in [0.1, 0.15) is 0 Å². The van der Waals surface area contributed by atoms with E-state index in [4.69, 9.17) is 11.6 Å². The van der Waals surface area contributed by atoms with Crippen LogP contribution in [0.1, 0.15) is 24.9 Å². The lowest BCUT2D eigenvalue weighted by Crippen LogP contribution is -2.46. The van der Waals surface area contributed by atoms with Crippen molar-refractivity contribution in [3.05, 3.63) is 65.2 Å². The Morgan fingerprint density at radius 2 is 1.64 bits per heavy atom. The Morgan fingerprint density at radius 3 is 2.21 bits per heavy atom. The Balaban J connectivity index is 2.11. The molecule has 0 unspecified atom stereocenters. The highest BCUT2D eigenvalue weighted by Crippen LogP contribution is 2.17. The maximum atomic E-state index is 12.6. The third-order valence-corrected chi connectivity index (χ3v) is 5.84. The van der Waals surface area contributed by atoms with Gasteiger partial charge in [0, 0.05) is 12.1 Å². The molecule has 0 saturated carbocycles. The van der Waals surface area contributed by atoms with E-state index >= 15 is 0 Å². The lowest BCUT2D eigenvalue weighted by molar-refractivity contribution is -0.124. The minimum Gasteiger partial charge on any atom is -0.359 e. The molecule has 2 aromatic rings. The van der Waals surface area contributed by atoms with E-state index in [9.17, 15) is 18.0 Å². The van der Waals surface area contributed by atoms with E-state index in [0.29, 0.717) is 5.02 Å². The second kappa shape index (κ2) is 9.68. The van der Waals surface area contributed by atoms with E-state index in [0.717, 1.165) is 5.56 Å². The Labute approximate surface area is 169 Å². The normalized spacial score (nSPS) is 13.4. The van der Waals surface area contributed by atoms with Gasteiger partial charge < -0.3 is 10.6 Å². The van der Waals surface area contributed by atoms with E-state index in [1.165, 1.54) is 38.2 Å². The van der Waals surface area contributed by atoms with Gasteiger partial charge in [-0.15, -0.1) is 0 Å². The lowest BCUT2D eigenvalue weighted by Gasteiger charge is -2.21. The molecule has 0 aromatic heterocycles. The van der Waals surface area contributed by atoms with Crippen molar-refractivity contribution in [2.75, 3.05) is 7.05 Å². The van der Waals surface area contributed by atoms with Gasteiger partial charge in [0.15, 0.2) is 0 Å². The Kier molecular flexibility index (Phi) is 7.56. The summed E-state index contributed by atoms with van der Waals surface area (Å²) < 4.78 is 27.2. The summed E-state index contributed by atoms with van der Waals surface area (Å²) in [6, 6.07) is 13.0. The molecule has 0 heterocycles. The average Bonchev–Trinajstić information content (AvgIpc) is 2.67. The standard InChI is InChI=1S/C19H22ClN3O4S/c1-13(23-28(26,27)16-10-8-15(20)9-11-16)19(25)22-17(12-18(24)21-2)14-6-4-3-5-7-14/h3-11,13,17,23H,12H2,1-2H3,(H,21,24)(H,22,25)/t13-,17+/m0/s1. The van der Waals surface area contributed by atoms with Crippen LogP contribution in [-0.4, -0.2) is 33.3 Å². The van der Waals surface area contributed by atoms with Crippen LogP contribution in [0.2, 0.25) is 5.02 Å². The smallest absolute Gasteiger partial charge is 0.241 e. The predicted octanol–water partition coefficient (Wildman–Crippen LogP) is 2.00. The number of nitrogens with one attached hydrogen (secondary N) is 3. The van der Waals surface area contributed by atoms with Crippen LogP contribution in [0, 0.1) is 0 Å². The van der Waals surface area contributed by atoms with Crippen molar-refractivity contribution in [2.24, 2.45) is 0 Å². The summed E-state index contributed by atoms with van der Waals surface area (Å²) >= 11 is 5.77. The van der Waals surface area contributed by atoms with Gasteiger partial charge in [-0.2, -0.15) is 4.72 Å². The quantitative estimate of drug-likeness (QED) is 0.604. The number of benzene rings is 2. The van der Waals surface area contributed by atoms with Gasteiger partial charge in [-0.25, -0.2) is 8.42 Å².